The fraction of sp³-hybridized carbons (Fsp3) is 0.368. The lowest BCUT2D eigenvalue weighted by Gasteiger charge is -2.13. The Morgan fingerprint density at radius 3 is 1.63 bits per heavy atom. The Labute approximate surface area is 119 Å². The Balaban J connectivity index is 5.96. The maximum Gasteiger partial charge on any atom is -0.0192 e. The van der Waals surface area contributed by atoms with Crippen molar-refractivity contribution in [2.45, 2.75) is 48.5 Å². The molecule has 0 bridgehead atoms. The number of allylic oxidation sites excluding steroid dienone is 11. The third-order valence-electron chi connectivity index (χ3n) is 3.38. The molecule has 19 heavy (non-hydrogen) atoms. The minimum Gasteiger partial charge on any atom is -0.0985 e. The van der Waals surface area contributed by atoms with Gasteiger partial charge in [0.15, 0.2) is 0 Å². The van der Waals surface area contributed by atoms with E-state index in [-0.39, 0.29) is 0 Å². The van der Waals surface area contributed by atoms with Crippen molar-refractivity contribution in [2.24, 2.45) is 0 Å². The smallest absolute Gasteiger partial charge is 0.0192 e. The monoisotopic (exact) mass is 256 g/mol. The molecule has 0 amide bonds. The summed E-state index contributed by atoms with van der Waals surface area (Å²) in [5.41, 5.74) is 7.64. The highest BCUT2D eigenvalue weighted by molar-refractivity contribution is 5.56. The lowest BCUT2D eigenvalue weighted by Crippen LogP contribution is -1.94. The summed E-state index contributed by atoms with van der Waals surface area (Å²) in [6, 6.07) is 0. The molecule has 0 saturated heterocycles. The summed E-state index contributed by atoms with van der Waals surface area (Å²) < 4.78 is 0. The highest BCUT2D eigenvalue weighted by Gasteiger charge is 2.07. The van der Waals surface area contributed by atoms with E-state index < -0.39 is 0 Å². The van der Waals surface area contributed by atoms with Crippen LogP contribution in [0.4, 0.5) is 0 Å². The Kier molecular flexibility index (Phi) is 7.83. The van der Waals surface area contributed by atoms with Crippen molar-refractivity contribution in [1.82, 2.24) is 0 Å². The van der Waals surface area contributed by atoms with Crippen LogP contribution in [0, 0.1) is 0 Å². The van der Waals surface area contributed by atoms with Gasteiger partial charge in [-0.25, -0.2) is 0 Å². The van der Waals surface area contributed by atoms with E-state index in [0.29, 0.717) is 0 Å². The summed E-state index contributed by atoms with van der Waals surface area (Å²) in [7, 11) is 0. The third kappa shape index (κ3) is 4.90. The normalized spacial score (nSPS) is 14.5. The predicted octanol–water partition coefficient (Wildman–Crippen LogP) is 6.31. The van der Waals surface area contributed by atoms with Gasteiger partial charge in [-0.2, -0.15) is 0 Å². The van der Waals surface area contributed by atoms with E-state index >= 15 is 0 Å². The van der Waals surface area contributed by atoms with E-state index in [1.54, 1.807) is 0 Å². The van der Waals surface area contributed by atoms with Crippen molar-refractivity contribution in [3.63, 3.8) is 0 Å². The minimum absolute atomic E-state index is 1.18. The van der Waals surface area contributed by atoms with Gasteiger partial charge in [-0.15, -0.1) is 0 Å². The first-order chi connectivity index (χ1) is 8.92. The van der Waals surface area contributed by atoms with Crippen molar-refractivity contribution in [3.05, 3.63) is 70.4 Å². The Morgan fingerprint density at radius 2 is 1.32 bits per heavy atom. The second kappa shape index (κ2) is 8.53. The first kappa shape index (κ1) is 17.4. The first-order valence-electron chi connectivity index (χ1n) is 6.87. The Hall–Kier alpha value is -1.56. The first-order valence-corrected chi connectivity index (χ1v) is 6.87. The zero-order valence-corrected chi connectivity index (χ0v) is 13.6. The van der Waals surface area contributed by atoms with Crippen LogP contribution >= 0.6 is 0 Å². The van der Waals surface area contributed by atoms with Crippen molar-refractivity contribution in [2.75, 3.05) is 0 Å². The summed E-state index contributed by atoms with van der Waals surface area (Å²) in [6.07, 6.45) is 10.6. The largest absolute Gasteiger partial charge is 0.0985 e. The molecule has 0 saturated carbocycles. The minimum atomic E-state index is 1.18. The molecule has 0 aliphatic carbocycles. The van der Waals surface area contributed by atoms with Crippen molar-refractivity contribution in [3.8, 4) is 0 Å². The molecule has 0 spiro atoms. The second-order valence-corrected chi connectivity index (χ2v) is 4.86. The molecule has 0 atom stereocenters. The molecule has 0 aromatic carbocycles. The lowest BCUT2D eigenvalue weighted by molar-refractivity contribution is 1.24. The molecule has 0 heteroatoms. The topological polar surface area (TPSA) is 0 Å². The van der Waals surface area contributed by atoms with Gasteiger partial charge >= 0.3 is 0 Å². The summed E-state index contributed by atoms with van der Waals surface area (Å²) in [4.78, 5) is 0. The van der Waals surface area contributed by atoms with Gasteiger partial charge in [-0.05, 0) is 82.4 Å². The zero-order chi connectivity index (χ0) is 15.0. The van der Waals surface area contributed by atoms with Crippen LogP contribution in [-0.4, -0.2) is 0 Å². The fourth-order valence-electron chi connectivity index (χ4n) is 1.90. The molecule has 0 aromatic heterocycles. The molecule has 0 nitrogen and oxygen atoms in total. The number of hydrogen-bond donors (Lipinski definition) is 0. The van der Waals surface area contributed by atoms with Crippen LogP contribution in [0.15, 0.2) is 70.4 Å². The predicted molar refractivity (Wildman–Crippen MR) is 89.3 cm³/mol. The van der Waals surface area contributed by atoms with Gasteiger partial charge in [0.25, 0.3) is 0 Å². The zero-order valence-electron chi connectivity index (χ0n) is 13.6. The van der Waals surface area contributed by atoms with E-state index in [2.05, 4.69) is 79.3 Å². The quantitative estimate of drug-likeness (QED) is 0.505. The van der Waals surface area contributed by atoms with Crippen LogP contribution in [0.1, 0.15) is 48.5 Å². The maximum absolute atomic E-state index is 3.93. The number of hydrogen-bond acceptors (Lipinski definition) is 0. The van der Waals surface area contributed by atoms with Crippen molar-refractivity contribution >= 4 is 0 Å². The molecule has 0 N–H and O–H groups in total. The van der Waals surface area contributed by atoms with E-state index in [1.165, 1.54) is 33.4 Å². The van der Waals surface area contributed by atoms with Crippen LogP contribution in [0.2, 0.25) is 0 Å². The maximum atomic E-state index is 3.93. The summed E-state index contributed by atoms with van der Waals surface area (Å²) in [5.74, 6) is 0. The van der Waals surface area contributed by atoms with E-state index in [9.17, 15) is 0 Å². The van der Waals surface area contributed by atoms with Crippen LogP contribution in [0.3, 0.4) is 0 Å². The summed E-state index contributed by atoms with van der Waals surface area (Å²) in [5, 5.41) is 0. The molecule has 0 aliphatic heterocycles. The van der Waals surface area contributed by atoms with Gasteiger partial charge in [-0.3, -0.25) is 0 Å². The average Bonchev–Trinajstić information content (AvgIpc) is 2.41. The molecule has 0 aliphatic rings. The molecule has 0 unspecified atom stereocenters. The van der Waals surface area contributed by atoms with Crippen LogP contribution in [-0.2, 0) is 0 Å². The van der Waals surface area contributed by atoms with Gasteiger partial charge in [0.05, 0.1) is 0 Å². The van der Waals surface area contributed by atoms with Crippen LogP contribution < -0.4 is 0 Å². The molecular formula is C19H28. The lowest BCUT2D eigenvalue weighted by atomic mass is 9.92. The van der Waals surface area contributed by atoms with E-state index in [4.69, 9.17) is 0 Å². The molecule has 0 heterocycles. The van der Waals surface area contributed by atoms with Gasteiger partial charge in [0.1, 0.15) is 0 Å². The van der Waals surface area contributed by atoms with Gasteiger partial charge in [-0.1, -0.05) is 36.5 Å². The molecule has 0 radical (unpaired) electrons. The highest BCUT2D eigenvalue weighted by Crippen LogP contribution is 2.26. The average molecular weight is 256 g/mol. The number of rotatable bonds is 5. The van der Waals surface area contributed by atoms with Crippen LogP contribution in [0.25, 0.3) is 0 Å². The van der Waals surface area contributed by atoms with Gasteiger partial charge in [0.2, 0.25) is 0 Å². The third-order valence-corrected chi connectivity index (χ3v) is 3.38. The highest BCUT2D eigenvalue weighted by atomic mass is 14.1. The van der Waals surface area contributed by atoms with Crippen molar-refractivity contribution in [1.29, 1.82) is 0 Å². The van der Waals surface area contributed by atoms with Gasteiger partial charge in [0, 0.05) is 0 Å². The van der Waals surface area contributed by atoms with E-state index in [0.717, 1.165) is 0 Å². The van der Waals surface area contributed by atoms with E-state index in [1.807, 2.05) is 6.08 Å². The standard InChI is InChI=1S/C19H28/c1-9-15(7)17(11-3)13-19(14(5)6)18(12-4)16(8)10-2/h9-13H,3H2,1-2,4-8H3/b15-9+,16-10+,17-13+,18-12-. The molecule has 104 valence electrons. The Morgan fingerprint density at radius 1 is 0.789 bits per heavy atom. The molecule has 0 fully saturated rings. The van der Waals surface area contributed by atoms with Crippen molar-refractivity contribution < 1.29 is 0 Å². The molecular weight excluding hydrogens is 228 g/mol. The summed E-state index contributed by atoms with van der Waals surface area (Å²) >= 11 is 0. The molecule has 0 aromatic rings. The Bertz CT molecular complexity index is 470. The molecule has 0 rings (SSSR count). The SMILES string of the molecule is C=CC(=C\C(=C(C)C)C(=C\C)/C(C)=C/C)/C(C)=C/C. The van der Waals surface area contributed by atoms with Gasteiger partial charge < -0.3 is 0 Å². The van der Waals surface area contributed by atoms with Crippen LogP contribution in [0.5, 0.6) is 0 Å². The summed E-state index contributed by atoms with van der Waals surface area (Å²) in [6.45, 7) is 18.7. The fourth-order valence-corrected chi connectivity index (χ4v) is 1.90. The second-order valence-electron chi connectivity index (χ2n) is 4.86.